The third-order valence-corrected chi connectivity index (χ3v) is 13.2. The molecule has 0 aromatic rings. The lowest BCUT2D eigenvalue weighted by Gasteiger charge is -2.51. The second kappa shape index (κ2) is 20.7. The van der Waals surface area contributed by atoms with E-state index in [1.807, 2.05) is 0 Å². The number of ether oxygens (including phenoxy) is 12. The van der Waals surface area contributed by atoms with E-state index in [2.05, 4.69) is 0 Å². The molecule has 13 aliphatic heterocycles. The van der Waals surface area contributed by atoms with Gasteiger partial charge in [-0.2, -0.15) is 0 Å². The van der Waals surface area contributed by atoms with Crippen molar-refractivity contribution in [3.63, 3.8) is 0 Å². The highest BCUT2D eigenvalue weighted by atomic mass is 17.2. The van der Waals surface area contributed by atoms with Crippen LogP contribution in [-0.2, 0) is 71.4 Å². The van der Waals surface area contributed by atoms with Gasteiger partial charge in [0.05, 0.1) is 45.0 Å². The summed E-state index contributed by atoms with van der Waals surface area (Å²) in [4.78, 5) is 18.1. The van der Waals surface area contributed by atoms with Crippen LogP contribution in [0.15, 0.2) is 0 Å². The number of nitrogens with zero attached hydrogens (tertiary/aromatic N) is 1. The van der Waals surface area contributed by atoms with Crippen molar-refractivity contribution < 1.29 is 148 Å². The van der Waals surface area contributed by atoms with E-state index in [4.69, 9.17) is 71.4 Å². The van der Waals surface area contributed by atoms with E-state index >= 15 is 0 Å². The van der Waals surface area contributed by atoms with E-state index in [-0.39, 0.29) is 5.39 Å². The van der Waals surface area contributed by atoms with Gasteiger partial charge >= 0.3 is 0 Å². The number of hydrogen-bond acceptors (Lipinski definition) is 31. The lowest BCUT2D eigenvalue weighted by molar-refractivity contribution is -0.576. The summed E-state index contributed by atoms with van der Waals surface area (Å²) in [5, 5.41) is 167. The summed E-state index contributed by atoms with van der Waals surface area (Å²) in [6, 6.07) is 0. The van der Waals surface area contributed by atoms with Gasteiger partial charge in [-0.05, 0) is 0 Å². The van der Waals surface area contributed by atoms with Crippen LogP contribution < -0.4 is 0 Å². The third kappa shape index (κ3) is 9.17. The largest absolute Gasteiger partial charge is 0.394 e. The maximum Gasteiger partial charge on any atom is 0.187 e. The van der Waals surface area contributed by atoms with Crippen molar-refractivity contribution in [3.05, 3.63) is 0 Å². The van der Waals surface area contributed by atoms with E-state index in [0.29, 0.717) is 0 Å². The van der Waals surface area contributed by atoms with E-state index in [0.717, 1.165) is 0 Å². The lowest BCUT2D eigenvalue weighted by Crippen LogP contribution is -2.69. The predicted molar refractivity (Wildman–Crippen MR) is 194 cm³/mol. The fourth-order valence-corrected chi connectivity index (χ4v) is 9.61. The first-order valence-corrected chi connectivity index (χ1v) is 21.6. The second-order valence-electron chi connectivity index (χ2n) is 17.3. The van der Waals surface area contributed by atoms with Crippen molar-refractivity contribution in [1.82, 2.24) is 5.39 Å². The molecule has 13 heterocycles. The Hall–Kier alpha value is -1.24. The molecule has 67 heavy (non-hydrogen) atoms. The van der Waals surface area contributed by atoms with Gasteiger partial charge in [0.15, 0.2) is 37.7 Å². The fraction of sp³-hybridized carbons (Fsp3) is 1.00. The highest BCUT2D eigenvalue weighted by Gasteiger charge is 2.62. The SMILES string of the molecule is OC[C@H]1O[C@@H]2O[C@@H]3[C@@H]4ON5O[C@H]([C@H]2O)[C@H]1O[C@H]1O[C@H](CO)[C@@H](O[C@H]2O[C@H](CO)[C@@H](O[C@H]6O[C@H](CO)[C@@H](O[C@H]7O[C@H](CO)[C@H](O[C@@H](O[C@@H]3CO)[C@@H]4O)[C@H](O5)[C@H]7O)[C@H](O)[C@H]6O)[C@H](O)[C@H]2O)[C@H](O)[C@H]1O. The van der Waals surface area contributed by atoms with E-state index in [1.54, 1.807) is 0 Å². The molecule has 0 aliphatic carbocycles. The average Bonchev–Trinajstić information content (AvgIpc) is 3.38. The van der Waals surface area contributed by atoms with Gasteiger partial charge in [0.1, 0.15) is 146 Å². The number of aliphatic hydroxyl groups is 15. The van der Waals surface area contributed by atoms with Crippen LogP contribution in [0, 0.1) is 0 Å². The molecule has 13 aliphatic rings. The van der Waals surface area contributed by atoms with Crippen molar-refractivity contribution in [2.45, 2.75) is 184 Å². The Balaban J connectivity index is 1.13. The second-order valence-corrected chi connectivity index (χ2v) is 17.3. The van der Waals surface area contributed by atoms with Gasteiger partial charge in [0, 0.05) is 0 Å². The Morgan fingerprint density at radius 2 is 0.418 bits per heavy atom. The lowest BCUT2D eigenvalue weighted by atomic mass is 9.94. The van der Waals surface area contributed by atoms with Crippen molar-refractivity contribution in [3.8, 4) is 0 Å². The molecular weight excluding hydrogens is 926 g/mol. The van der Waals surface area contributed by atoms with Gasteiger partial charge in [-0.25, -0.2) is 14.5 Å². The Morgan fingerprint density at radius 1 is 0.224 bits per heavy atom. The minimum atomic E-state index is -2.16. The topological polar surface area (TPSA) is 445 Å². The first kappa shape index (κ1) is 50.7. The normalized spacial score (nSPS) is 57.1. The van der Waals surface area contributed by atoms with Gasteiger partial charge in [0.2, 0.25) is 0 Å². The predicted octanol–water partition coefficient (Wildman–Crippen LogP) is -11.9. The van der Waals surface area contributed by atoms with Gasteiger partial charge in [-0.15, -0.1) is 0 Å². The fourth-order valence-electron chi connectivity index (χ4n) is 9.61. The number of fused-ring (bicyclic) bond motifs is 3. The molecule has 13 saturated heterocycles. The molecule has 31 nitrogen and oxygen atoms in total. The van der Waals surface area contributed by atoms with Crippen LogP contribution in [0.25, 0.3) is 0 Å². The Labute approximate surface area is 377 Å². The van der Waals surface area contributed by atoms with Crippen molar-refractivity contribution in [1.29, 1.82) is 0 Å². The minimum Gasteiger partial charge on any atom is -0.394 e. The maximum atomic E-state index is 12.0. The van der Waals surface area contributed by atoms with Gasteiger partial charge < -0.3 is 133 Å². The molecule has 31 heteroatoms. The number of aliphatic hydroxyl groups excluding tert-OH is 15. The Kier molecular flexibility index (Phi) is 15.7. The molecular formula is C36H57NO30. The first-order chi connectivity index (χ1) is 32.1. The molecule has 13 bridgehead atoms. The molecule has 0 saturated carbocycles. The molecule has 15 N–H and O–H groups in total. The summed E-state index contributed by atoms with van der Waals surface area (Å²) in [7, 11) is 0. The van der Waals surface area contributed by atoms with Gasteiger partial charge in [0.25, 0.3) is 0 Å². The van der Waals surface area contributed by atoms with E-state index in [1.165, 1.54) is 0 Å². The van der Waals surface area contributed by atoms with Crippen LogP contribution in [0.1, 0.15) is 0 Å². The molecule has 13 fully saturated rings. The molecule has 13 rings (SSSR count). The minimum absolute atomic E-state index is 0.195. The zero-order valence-corrected chi connectivity index (χ0v) is 34.8. The summed E-state index contributed by atoms with van der Waals surface area (Å²) < 4.78 is 70.5. The highest BCUT2D eigenvalue weighted by molar-refractivity contribution is 5.02. The quantitative estimate of drug-likeness (QED) is 0.117. The van der Waals surface area contributed by atoms with Crippen LogP contribution in [0.4, 0.5) is 0 Å². The summed E-state index contributed by atoms with van der Waals surface area (Å²) in [6.45, 7) is -5.71. The smallest absolute Gasteiger partial charge is 0.187 e. The van der Waals surface area contributed by atoms with Crippen molar-refractivity contribution in [2.24, 2.45) is 0 Å². The van der Waals surface area contributed by atoms with Gasteiger partial charge in [-0.1, -0.05) is 0 Å². The Morgan fingerprint density at radius 3 is 0.642 bits per heavy atom. The first-order valence-electron chi connectivity index (χ1n) is 21.6. The summed E-state index contributed by atoms with van der Waals surface area (Å²) >= 11 is 0. The summed E-state index contributed by atoms with van der Waals surface area (Å²) in [5.41, 5.74) is 0. The maximum absolute atomic E-state index is 12.0. The monoisotopic (exact) mass is 983 g/mol. The zero-order valence-electron chi connectivity index (χ0n) is 34.8. The van der Waals surface area contributed by atoms with E-state index < -0.39 is 224 Å². The van der Waals surface area contributed by atoms with Crippen molar-refractivity contribution >= 4 is 0 Å². The van der Waals surface area contributed by atoms with Crippen LogP contribution in [0.3, 0.4) is 0 Å². The summed E-state index contributed by atoms with van der Waals surface area (Å²) in [6.07, 6.45) is -56.2. The van der Waals surface area contributed by atoms with Crippen LogP contribution in [-0.4, -0.2) is 306 Å². The Bertz CT molecular complexity index is 1630. The molecule has 0 radical (unpaired) electrons. The molecule has 0 spiro atoms. The number of rotatable bonds is 6. The van der Waals surface area contributed by atoms with Gasteiger partial charge in [-0.3, -0.25) is 0 Å². The molecule has 386 valence electrons. The highest BCUT2D eigenvalue weighted by Crippen LogP contribution is 2.42. The van der Waals surface area contributed by atoms with Crippen LogP contribution in [0.5, 0.6) is 0 Å². The molecule has 31 atom stereocenters. The zero-order chi connectivity index (χ0) is 47.7. The van der Waals surface area contributed by atoms with E-state index in [9.17, 15) is 76.6 Å². The molecule has 1 unspecified atom stereocenters. The summed E-state index contributed by atoms with van der Waals surface area (Å²) in [5.74, 6) is 0. The number of hydrogen-bond donors (Lipinski definition) is 15. The van der Waals surface area contributed by atoms with Crippen molar-refractivity contribution in [2.75, 3.05) is 39.6 Å². The standard InChI is InChI=1S/C36H57NO30/c38-1-7-22-13(44)16(47)31(53-7)60-23-8(2-39)55-33(18(49)15(23)46)62-25-10(4-41)57-35-20(51)29(25)66-37-65-28-19(50)34(61-24-9(3-40)54-32(59-22)17(48)14(24)45)56-11(5-42)26(28)63-36-21(52)30(67-37)27(64-35)12(6-43)58-36/h7-36,38-52H,1-6H2/t7-,8-,9-,10-,11-,12-,13-,14-,15-,16-,17-,18-,19-,20-,21-,22-,23-,24-,25+,26+,27+,28-,29-,30-,31-,32-,33-,34-,35-,36-/m1/s1. The molecule has 0 aromatic carbocycles. The third-order valence-electron chi connectivity index (χ3n) is 13.2. The van der Waals surface area contributed by atoms with Crippen LogP contribution >= 0.6 is 0 Å². The molecule has 0 amide bonds. The van der Waals surface area contributed by atoms with Crippen LogP contribution in [0.2, 0.25) is 0 Å². The average molecular weight is 984 g/mol. The molecule has 0 aromatic heterocycles.